The van der Waals surface area contributed by atoms with E-state index < -0.39 is 11.9 Å². The van der Waals surface area contributed by atoms with Crippen LogP contribution in [0.4, 0.5) is 18.9 Å². The molecule has 3 nitrogen and oxygen atoms in total. The molecule has 0 aliphatic rings. The monoisotopic (exact) mass is 219 g/mol. The van der Waals surface area contributed by atoms with Crippen LogP contribution in [0.5, 0.6) is 0 Å². The molecule has 6 heteroatoms. The predicted molar refractivity (Wildman–Crippen MR) is 51.4 cm³/mol. The van der Waals surface area contributed by atoms with Gasteiger partial charge in [0.25, 0.3) is 0 Å². The molecule has 84 valence electrons. The second-order valence-corrected chi connectivity index (χ2v) is 3.21. The molecule has 0 aromatic carbocycles. The minimum Gasteiger partial charge on any atom is -0.381 e. The molecule has 0 aliphatic carbocycles. The molecule has 0 aliphatic heterocycles. The van der Waals surface area contributed by atoms with E-state index in [0.717, 1.165) is 12.3 Å². The molecule has 0 saturated heterocycles. The van der Waals surface area contributed by atoms with Gasteiger partial charge in [-0.05, 0) is 19.1 Å². The lowest BCUT2D eigenvalue weighted by Crippen LogP contribution is -2.25. The summed E-state index contributed by atoms with van der Waals surface area (Å²) < 4.78 is 36.8. The SMILES string of the molecule is CC(CN)Nc1ccnc(C(F)(F)F)c1. The van der Waals surface area contributed by atoms with Gasteiger partial charge in [0.2, 0.25) is 0 Å². The minimum atomic E-state index is -4.41. The van der Waals surface area contributed by atoms with Crippen molar-refractivity contribution in [3.05, 3.63) is 24.0 Å². The fraction of sp³-hybridized carbons (Fsp3) is 0.444. The molecule has 0 bridgehead atoms. The van der Waals surface area contributed by atoms with E-state index >= 15 is 0 Å². The largest absolute Gasteiger partial charge is 0.433 e. The Balaban J connectivity index is 2.84. The highest BCUT2D eigenvalue weighted by Crippen LogP contribution is 2.28. The van der Waals surface area contributed by atoms with Crippen molar-refractivity contribution in [1.29, 1.82) is 0 Å². The van der Waals surface area contributed by atoms with Gasteiger partial charge in [-0.25, -0.2) is 0 Å². The number of rotatable bonds is 3. The van der Waals surface area contributed by atoms with Gasteiger partial charge in [-0.2, -0.15) is 13.2 Å². The van der Waals surface area contributed by atoms with Crippen molar-refractivity contribution in [1.82, 2.24) is 4.98 Å². The second-order valence-electron chi connectivity index (χ2n) is 3.21. The van der Waals surface area contributed by atoms with Gasteiger partial charge in [0, 0.05) is 24.5 Å². The van der Waals surface area contributed by atoms with Gasteiger partial charge >= 0.3 is 6.18 Å². The zero-order valence-electron chi connectivity index (χ0n) is 8.17. The summed E-state index contributed by atoms with van der Waals surface area (Å²) in [6.07, 6.45) is -3.29. The lowest BCUT2D eigenvalue weighted by Gasteiger charge is -2.14. The van der Waals surface area contributed by atoms with Crippen molar-refractivity contribution < 1.29 is 13.2 Å². The molecule has 1 aromatic rings. The lowest BCUT2D eigenvalue weighted by molar-refractivity contribution is -0.141. The van der Waals surface area contributed by atoms with Crippen LogP contribution in [-0.4, -0.2) is 17.6 Å². The van der Waals surface area contributed by atoms with Crippen LogP contribution in [0.1, 0.15) is 12.6 Å². The number of hydrogen-bond acceptors (Lipinski definition) is 3. The molecule has 1 rings (SSSR count). The number of anilines is 1. The van der Waals surface area contributed by atoms with Crippen LogP contribution in [-0.2, 0) is 6.18 Å². The average molecular weight is 219 g/mol. The number of halogens is 3. The van der Waals surface area contributed by atoms with Crippen LogP contribution < -0.4 is 11.1 Å². The molecule has 0 fully saturated rings. The van der Waals surface area contributed by atoms with E-state index in [4.69, 9.17) is 5.73 Å². The van der Waals surface area contributed by atoms with Crippen LogP contribution in [0.3, 0.4) is 0 Å². The number of pyridine rings is 1. The molecule has 3 N–H and O–H groups in total. The molecule has 0 saturated carbocycles. The Morgan fingerprint density at radius 1 is 1.53 bits per heavy atom. The first-order chi connectivity index (χ1) is 6.93. The first-order valence-corrected chi connectivity index (χ1v) is 4.43. The molecule has 1 unspecified atom stereocenters. The van der Waals surface area contributed by atoms with E-state index in [1.165, 1.54) is 6.07 Å². The van der Waals surface area contributed by atoms with Crippen molar-refractivity contribution in [3.8, 4) is 0 Å². The number of nitrogens with zero attached hydrogens (tertiary/aromatic N) is 1. The smallest absolute Gasteiger partial charge is 0.381 e. The molecule has 0 amide bonds. The molecule has 0 radical (unpaired) electrons. The summed E-state index contributed by atoms with van der Waals surface area (Å²) >= 11 is 0. The van der Waals surface area contributed by atoms with Crippen molar-refractivity contribution in [2.45, 2.75) is 19.1 Å². The molecule has 15 heavy (non-hydrogen) atoms. The fourth-order valence-corrected chi connectivity index (χ4v) is 1.02. The number of alkyl halides is 3. The van der Waals surface area contributed by atoms with E-state index in [1.807, 2.05) is 0 Å². The topological polar surface area (TPSA) is 50.9 Å². The quantitative estimate of drug-likeness (QED) is 0.815. The van der Waals surface area contributed by atoms with Gasteiger partial charge in [0.15, 0.2) is 0 Å². The summed E-state index contributed by atoms with van der Waals surface area (Å²) in [7, 11) is 0. The number of hydrogen-bond donors (Lipinski definition) is 2. The summed E-state index contributed by atoms with van der Waals surface area (Å²) in [6, 6.07) is 2.36. The Bertz CT molecular complexity index is 325. The third-order valence-electron chi connectivity index (χ3n) is 1.82. The van der Waals surface area contributed by atoms with Crippen molar-refractivity contribution in [2.24, 2.45) is 5.73 Å². The summed E-state index contributed by atoms with van der Waals surface area (Å²) in [6.45, 7) is 2.14. The van der Waals surface area contributed by atoms with Crippen LogP contribution >= 0.6 is 0 Å². The maximum absolute atomic E-state index is 12.3. The Morgan fingerprint density at radius 2 is 2.20 bits per heavy atom. The fourth-order valence-electron chi connectivity index (χ4n) is 1.02. The van der Waals surface area contributed by atoms with E-state index in [0.29, 0.717) is 12.2 Å². The average Bonchev–Trinajstić information content (AvgIpc) is 2.17. The Morgan fingerprint density at radius 3 is 2.73 bits per heavy atom. The predicted octanol–water partition coefficient (Wildman–Crippen LogP) is 1.86. The van der Waals surface area contributed by atoms with Gasteiger partial charge in [0.05, 0.1) is 0 Å². The van der Waals surface area contributed by atoms with Gasteiger partial charge in [-0.1, -0.05) is 0 Å². The number of aromatic nitrogens is 1. The molecule has 1 atom stereocenters. The maximum Gasteiger partial charge on any atom is 0.433 e. The minimum absolute atomic E-state index is 0.0755. The highest BCUT2D eigenvalue weighted by atomic mass is 19.4. The third kappa shape index (κ3) is 3.39. The second kappa shape index (κ2) is 4.48. The van der Waals surface area contributed by atoms with Crippen LogP contribution in [0.15, 0.2) is 18.3 Å². The number of nitrogens with two attached hydrogens (primary N) is 1. The summed E-state index contributed by atoms with van der Waals surface area (Å²) in [4.78, 5) is 3.25. The highest BCUT2D eigenvalue weighted by Gasteiger charge is 2.32. The Hall–Kier alpha value is -1.30. The first-order valence-electron chi connectivity index (χ1n) is 4.43. The van der Waals surface area contributed by atoms with E-state index in [2.05, 4.69) is 10.3 Å². The lowest BCUT2D eigenvalue weighted by atomic mass is 10.2. The normalized spacial score (nSPS) is 13.7. The summed E-state index contributed by atoms with van der Waals surface area (Å²) in [5.41, 5.74) is 4.81. The van der Waals surface area contributed by atoms with Crippen LogP contribution in [0.25, 0.3) is 0 Å². The highest BCUT2D eigenvalue weighted by molar-refractivity contribution is 5.44. The van der Waals surface area contributed by atoms with E-state index in [9.17, 15) is 13.2 Å². The van der Waals surface area contributed by atoms with Crippen molar-refractivity contribution in [3.63, 3.8) is 0 Å². The number of nitrogens with one attached hydrogen (secondary N) is 1. The van der Waals surface area contributed by atoms with Gasteiger partial charge in [-0.3, -0.25) is 4.98 Å². The van der Waals surface area contributed by atoms with E-state index in [-0.39, 0.29) is 6.04 Å². The molecule has 1 heterocycles. The molecular formula is C9H12F3N3. The van der Waals surface area contributed by atoms with Crippen LogP contribution in [0, 0.1) is 0 Å². The first kappa shape index (κ1) is 11.8. The van der Waals surface area contributed by atoms with Gasteiger partial charge < -0.3 is 11.1 Å². The zero-order valence-corrected chi connectivity index (χ0v) is 8.17. The Kier molecular flexibility index (Phi) is 3.52. The Labute approximate surface area is 85.5 Å². The van der Waals surface area contributed by atoms with Gasteiger partial charge in [-0.15, -0.1) is 0 Å². The molecule has 1 aromatic heterocycles. The standard InChI is InChI=1S/C9H12F3N3/c1-6(5-13)15-7-2-3-14-8(4-7)9(10,11)12/h2-4,6H,5,13H2,1H3,(H,14,15). The van der Waals surface area contributed by atoms with Crippen molar-refractivity contribution in [2.75, 3.05) is 11.9 Å². The van der Waals surface area contributed by atoms with E-state index in [1.54, 1.807) is 6.92 Å². The summed E-state index contributed by atoms with van der Waals surface area (Å²) in [5, 5.41) is 2.84. The summed E-state index contributed by atoms with van der Waals surface area (Å²) in [5.74, 6) is 0. The molecule has 0 spiro atoms. The van der Waals surface area contributed by atoms with Crippen LogP contribution in [0.2, 0.25) is 0 Å². The third-order valence-corrected chi connectivity index (χ3v) is 1.82. The van der Waals surface area contributed by atoms with Gasteiger partial charge in [0.1, 0.15) is 5.69 Å². The zero-order chi connectivity index (χ0) is 11.5. The maximum atomic E-state index is 12.3. The van der Waals surface area contributed by atoms with Crippen molar-refractivity contribution >= 4 is 5.69 Å². The molecular weight excluding hydrogens is 207 g/mol.